The maximum absolute atomic E-state index is 12.9. The third-order valence-electron chi connectivity index (χ3n) is 4.66. The molecule has 3 rings (SSSR count). The van der Waals surface area contributed by atoms with Gasteiger partial charge in [0.05, 0.1) is 17.7 Å². The van der Waals surface area contributed by atoms with Crippen LogP contribution in [0, 0.1) is 5.92 Å². The topological polar surface area (TPSA) is 59.8 Å². The summed E-state index contributed by atoms with van der Waals surface area (Å²) in [7, 11) is 0. The first kappa shape index (κ1) is 17.7. The lowest BCUT2D eigenvalue weighted by molar-refractivity contribution is -0.183. The lowest BCUT2D eigenvalue weighted by Crippen LogP contribution is -2.41. The first-order chi connectivity index (χ1) is 11.8. The molecular weight excluding hydrogens is 333 g/mol. The van der Waals surface area contributed by atoms with Crippen LogP contribution in [0.1, 0.15) is 55.9 Å². The fourth-order valence-corrected chi connectivity index (χ4v) is 3.33. The zero-order valence-corrected chi connectivity index (χ0v) is 14.2. The molecule has 1 aliphatic rings. The normalized spacial score (nSPS) is 21.7. The van der Waals surface area contributed by atoms with E-state index in [9.17, 15) is 18.0 Å². The molecule has 136 valence electrons. The Bertz CT molecular complexity index is 769. The number of nitrogens with one attached hydrogen (secondary N) is 1. The molecule has 2 heterocycles. The fraction of sp³-hybridized carbons (Fsp3) is 0.588. The minimum Gasteiger partial charge on any atom is -0.349 e. The highest BCUT2D eigenvalue weighted by atomic mass is 19.4. The van der Waals surface area contributed by atoms with Crippen molar-refractivity contribution < 1.29 is 18.0 Å². The van der Waals surface area contributed by atoms with Gasteiger partial charge in [-0.3, -0.25) is 4.79 Å². The Morgan fingerprint density at radius 1 is 1.32 bits per heavy atom. The van der Waals surface area contributed by atoms with Gasteiger partial charge in [0.15, 0.2) is 5.65 Å². The van der Waals surface area contributed by atoms with Gasteiger partial charge in [-0.05, 0) is 39.2 Å². The van der Waals surface area contributed by atoms with E-state index >= 15 is 0 Å². The molecule has 2 atom stereocenters. The second-order valence-corrected chi connectivity index (χ2v) is 6.90. The number of aromatic nitrogens is 3. The molecule has 0 bridgehead atoms. The maximum atomic E-state index is 12.9. The predicted octanol–water partition coefficient (Wildman–Crippen LogP) is 3.86. The molecule has 2 aromatic heterocycles. The van der Waals surface area contributed by atoms with Crippen LogP contribution in [0.15, 0.2) is 18.5 Å². The quantitative estimate of drug-likeness (QED) is 0.910. The van der Waals surface area contributed by atoms with Crippen molar-refractivity contribution in [3.63, 3.8) is 0 Å². The molecule has 1 aliphatic carbocycles. The number of carbonyl (C=O) groups is 1. The Labute approximate surface area is 143 Å². The van der Waals surface area contributed by atoms with E-state index < -0.39 is 18.1 Å². The third-order valence-corrected chi connectivity index (χ3v) is 4.66. The summed E-state index contributed by atoms with van der Waals surface area (Å²) in [4.78, 5) is 16.7. The number of hydrogen-bond donors (Lipinski definition) is 1. The lowest BCUT2D eigenvalue weighted by atomic mass is 9.85. The number of nitrogens with zero attached hydrogens (tertiary/aromatic N) is 3. The number of fused-ring (bicyclic) bond motifs is 1. The van der Waals surface area contributed by atoms with Gasteiger partial charge < -0.3 is 5.32 Å². The Morgan fingerprint density at radius 3 is 2.76 bits per heavy atom. The Balaban J connectivity index is 1.72. The molecule has 1 saturated carbocycles. The largest absolute Gasteiger partial charge is 0.391 e. The summed E-state index contributed by atoms with van der Waals surface area (Å²) < 4.78 is 40.4. The third kappa shape index (κ3) is 3.77. The smallest absolute Gasteiger partial charge is 0.349 e. The molecule has 0 aromatic carbocycles. The Kier molecular flexibility index (Phi) is 4.71. The highest BCUT2D eigenvalue weighted by Crippen LogP contribution is 2.37. The van der Waals surface area contributed by atoms with E-state index in [0.29, 0.717) is 24.1 Å². The molecular formula is C17H21F3N4O. The first-order valence-electron chi connectivity index (χ1n) is 8.46. The van der Waals surface area contributed by atoms with Crippen molar-refractivity contribution in [3.05, 3.63) is 24.0 Å². The van der Waals surface area contributed by atoms with Crippen molar-refractivity contribution in [2.45, 2.75) is 57.8 Å². The lowest BCUT2D eigenvalue weighted by Gasteiger charge is -2.31. The standard InChI is InChI=1S/C17H21F3N4O/c1-10(2)24-15-11(9-22-24)6-12(8-21-15)16(25)23-14-5-3-4-13(7-14)17(18,19)20/h6,8-10,13-14H,3-5,7H2,1-2H3,(H,23,25). The summed E-state index contributed by atoms with van der Waals surface area (Å²) in [5.74, 6) is -1.73. The van der Waals surface area contributed by atoms with E-state index in [0.717, 1.165) is 5.39 Å². The molecule has 2 aromatic rings. The molecule has 1 amide bonds. The summed E-state index contributed by atoms with van der Waals surface area (Å²) in [6, 6.07) is 1.36. The van der Waals surface area contributed by atoms with E-state index in [-0.39, 0.29) is 24.8 Å². The number of hydrogen-bond acceptors (Lipinski definition) is 3. The molecule has 1 fully saturated rings. The highest BCUT2D eigenvalue weighted by Gasteiger charge is 2.42. The minimum atomic E-state index is -4.20. The summed E-state index contributed by atoms with van der Waals surface area (Å²) in [6.07, 6.45) is -0.00218. The van der Waals surface area contributed by atoms with Crippen LogP contribution >= 0.6 is 0 Å². The second-order valence-electron chi connectivity index (χ2n) is 6.90. The number of carbonyl (C=O) groups excluding carboxylic acids is 1. The molecule has 5 nitrogen and oxygen atoms in total. The highest BCUT2D eigenvalue weighted by molar-refractivity contribution is 5.97. The van der Waals surface area contributed by atoms with E-state index in [2.05, 4.69) is 15.4 Å². The molecule has 25 heavy (non-hydrogen) atoms. The zero-order valence-electron chi connectivity index (χ0n) is 14.2. The Morgan fingerprint density at radius 2 is 2.08 bits per heavy atom. The van der Waals surface area contributed by atoms with Crippen LogP contribution in [-0.4, -0.2) is 32.9 Å². The number of alkyl halides is 3. The number of rotatable bonds is 3. The van der Waals surface area contributed by atoms with Gasteiger partial charge in [-0.25, -0.2) is 9.67 Å². The van der Waals surface area contributed by atoms with Crippen molar-refractivity contribution >= 4 is 16.9 Å². The molecule has 2 unspecified atom stereocenters. The van der Waals surface area contributed by atoms with Gasteiger partial charge in [0.25, 0.3) is 5.91 Å². The van der Waals surface area contributed by atoms with E-state index in [1.54, 1.807) is 16.9 Å². The predicted molar refractivity (Wildman–Crippen MR) is 87.2 cm³/mol. The average molecular weight is 354 g/mol. The van der Waals surface area contributed by atoms with Crippen molar-refractivity contribution in [2.75, 3.05) is 0 Å². The zero-order chi connectivity index (χ0) is 18.2. The molecule has 0 radical (unpaired) electrons. The fourth-order valence-electron chi connectivity index (χ4n) is 3.33. The second kappa shape index (κ2) is 6.65. The van der Waals surface area contributed by atoms with Crippen LogP contribution < -0.4 is 5.32 Å². The van der Waals surface area contributed by atoms with Gasteiger partial charge in [-0.15, -0.1) is 0 Å². The molecule has 0 saturated heterocycles. The van der Waals surface area contributed by atoms with Crippen LogP contribution in [0.2, 0.25) is 0 Å². The van der Waals surface area contributed by atoms with Crippen LogP contribution in [0.25, 0.3) is 11.0 Å². The van der Waals surface area contributed by atoms with Gasteiger partial charge in [0, 0.05) is 23.7 Å². The molecule has 0 spiro atoms. The van der Waals surface area contributed by atoms with Crippen LogP contribution in [-0.2, 0) is 0 Å². The summed E-state index contributed by atoms with van der Waals surface area (Å²) >= 11 is 0. The van der Waals surface area contributed by atoms with Crippen molar-refractivity contribution in [1.82, 2.24) is 20.1 Å². The SMILES string of the molecule is CC(C)n1ncc2cc(C(=O)NC3CCCC(C(F)(F)F)C3)cnc21. The van der Waals surface area contributed by atoms with E-state index in [1.807, 2.05) is 13.8 Å². The number of pyridine rings is 1. The van der Waals surface area contributed by atoms with Gasteiger partial charge in [0.2, 0.25) is 0 Å². The average Bonchev–Trinajstić information content (AvgIpc) is 2.97. The summed E-state index contributed by atoms with van der Waals surface area (Å²) in [5.41, 5.74) is 1.02. The van der Waals surface area contributed by atoms with Crippen molar-refractivity contribution in [1.29, 1.82) is 0 Å². The summed E-state index contributed by atoms with van der Waals surface area (Å²) in [6.45, 7) is 3.96. The first-order valence-corrected chi connectivity index (χ1v) is 8.46. The minimum absolute atomic E-state index is 0.0593. The van der Waals surface area contributed by atoms with Gasteiger partial charge in [0.1, 0.15) is 0 Å². The van der Waals surface area contributed by atoms with Crippen molar-refractivity contribution in [2.24, 2.45) is 5.92 Å². The van der Waals surface area contributed by atoms with Crippen LogP contribution in [0.5, 0.6) is 0 Å². The molecule has 0 aliphatic heterocycles. The maximum Gasteiger partial charge on any atom is 0.391 e. The molecule has 1 N–H and O–H groups in total. The Hall–Kier alpha value is -2.12. The van der Waals surface area contributed by atoms with E-state index in [4.69, 9.17) is 0 Å². The summed E-state index contributed by atoms with van der Waals surface area (Å²) in [5, 5.41) is 7.71. The van der Waals surface area contributed by atoms with Crippen LogP contribution in [0.3, 0.4) is 0 Å². The number of amides is 1. The van der Waals surface area contributed by atoms with Gasteiger partial charge in [-0.2, -0.15) is 18.3 Å². The van der Waals surface area contributed by atoms with Gasteiger partial charge in [-0.1, -0.05) is 6.42 Å². The molecule has 8 heteroatoms. The van der Waals surface area contributed by atoms with Crippen molar-refractivity contribution in [3.8, 4) is 0 Å². The monoisotopic (exact) mass is 354 g/mol. The van der Waals surface area contributed by atoms with Crippen LogP contribution in [0.4, 0.5) is 13.2 Å². The number of halogens is 3. The van der Waals surface area contributed by atoms with E-state index in [1.165, 1.54) is 6.20 Å². The van der Waals surface area contributed by atoms with Gasteiger partial charge >= 0.3 is 6.18 Å².